The average molecular weight is 252 g/mol. The number of nitrogen functional groups attached to an aromatic ring is 1. The van der Waals surface area contributed by atoms with Gasteiger partial charge in [0.25, 0.3) is 0 Å². The van der Waals surface area contributed by atoms with Gasteiger partial charge in [-0.15, -0.1) is 5.10 Å². The molecule has 0 saturated carbocycles. The predicted molar refractivity (Wildman–Crippen MR) is 71.5 cm³/mol. The molecular weight excluding hydrogens is 240 g/mol. The van der Waals surface area contributed by atoms with E-state index in [0.717, 1.165) is 11.3 Å². The van der Waals surface area contributed by atoms with Gasteiger partial charge in [0.05, 0.1) is 5.69 Å². The van der Waals surface area contributed by atoms with Gasteiger partial charge in [0.2, 0.25) is 0 Å². The minimum Gasteiger partial charge on any atom is -0.399 e. The Morgan fingerprint density at radius 1 is 1.11 bits per heavy atom. The minimum absolute atomic E-state index is 0.609. The topological polar surface area (TPSA) is 82.5 Å². The zero-order chi connectivity index (χ0) is 13.2. The molecular formula is C13H12N6. The van der Waals surface area contributed by atoms with Crippen LogP contribution in [0.3, 0.4) is 0 Å². The lowest BCUT2D eigenvalue weighted by molar-refractivity contribution is 0.825. The molecule has 0 aliphatic rings. The molecule has 0 radical (unpaired) electrons. The van der Waals surface area contributed by atoms with Crippen molar-refractivity contribution in [1.82, 2.24) is 24.7 Å². The molecule has 0 atom stereocenters. The summed E-state index contributed by atoms with van der Waals surface area (Å²) in [4.78, 5) is 12.7. The molecule has 0 aliphatic carbocycles. The zero-order valence-electron chi connectivity index (χ0n) is 10.4. The number of nitrogens with two attached hydrogens (primary N) is 1. The summed E-state index contributed by atoms with van der Waals surface area (Å²) in [6.45, 7) is 1.88. The number of anilines is 1. The fourth-order valence-corrected chi connectivity index (χ4v) is 1.80. The number of nitrogens with zero attached hydrogens (tertiary/aromatic N) is 5. The van der Waals surface area contributed by atoms with E-state index in [1.807, 2.05) is 31.2 Å². The first-order valence-electron chi connectivity index (χ1n) is 5.79. The molecule has 0 unspecified atom stereocenters. The molecule has 0 saturated heterocycles. The molecule has 0 amide bonds. The Morgan fingerprint density at radius 3 is 2.74 bits per heavy atom. The normalized spacial score (nSPS) is 10.6. The smallest absolute Gasteiger partial charge is 0.181 e. The summed E-state index contributed by atoms with van der Waals surface area (Å²) in [5.41, 5.74) is 8.11. The van der Waals surface area contributed by atoms with Crippen LogP contribution in [0, 0.1) is 6.92 Å². The first kappa shape index (κ1) is 11.3. The number of hydrogen-bond donors (Lipinski definition) is 1. The molecule has 19 heavy (non-hydrogen) atoms. The SMILES string of the molecule is Cc1nccnc1-n1cnc(-c2cccc(N)c2)n1. The van der Waals surface area contributed by atoms with Crippen molar-refractivity contribution < 1.29 is 0 Å². The van der Waals surface area contributed by atoms with Gasteiger partial charge in [-0.1, -0.05) is 12.1 Å². The van der Waals surface area contributed by atoms with Crippen LogP contribution in [0.25, 0.3) is 17.2 Å². The summed E-state index contributed by atoms with van der Waals surface area (Å²) < 4.78 is 1.61. The van der Waals surface area contributed by atoms with Gasteiger partial charge >= 0.3 is 0 Å². The van der Waals surface area contributed by atoms with E-state index in [1.54, 1.807) is 23.4 Å². The van der Waals surface area contributed by atoms with Gasteiger partial charge in [-0.3, -0.25) is 4.98 Å². The monoisotopic (exact) mass is 252 g/mol. The Morgan fingerprint density at radius 2 is 1.95 bits per heavy atom. The lowest BCUT2D eigenvalue weighted by Crippen LogP contribution is -2.02. The number of hydrogen-bond acceptors (Lipinski definition) is 5. The highest BCUT2D eigenvalue weighted by molar-refractivity contribution is 5.60. The van der Waals surface area contributed by atoms with Crippen molar-refractivity contribution in [2.24, 2.45) is 0 Å². The second kappa shape index (κ2) is 4.49. The van der Waals surface area contributed by atoms with Crippen molar-refractivity contribution in [3.05, 3.63) is 48.7 Å². The maximum Gasteiger partial charge on any atom is 0.181 e. The van der Waals surface area contributed by atoms with E-state index in [2.05, 4.69) is 20.1 Å². The van der Waals surface area contributed by atoms with Crippen molar-refractivity contribution >= 4 is 5.69 Å². The van der Waals surface area contributed by atoms with Crippen molar-refractivity contribution in [3.8, 4) is 17.2 Å². The molecule has 0 spiro atoms. The molecule has 0 fully saturated rings. The van der Waals surface area contributed by atoms with Crippen LogP contribution in [0.15, 0.2) is 43.0 Å². The van der Waals surface area contributed by atoms with Gasteiger partial charge in [0.15, 0.2) is 11.6 Å². The fraction of sp³-hybridized carbons (Fsp3) is 0.0769. The highest BCUT2D eigenvalue weighted by Gasteiger charge is 2.08. The summed E-state index contributed by atoms with van der Waals surface area (Å²) >= 11 is 0. The molecule has 6 heteroatoms. The molecule has 94 valence electrons. The summed E-state index contributed by atoms with van der Waals surface area (Å²) in [5.74, 6) is 1.28. The summed E-state index contributed by atoms with van der Waals surface area (Å²) in [5, 5.41) is 4.40. The average Bonchev–Trinajstić information content (AvgIpc) is 2.89. The molecule has 3 rings (SSSR count). The van der Waals surface area contributed by atoms with Crippen molar-refractivity contribution in [3.63, 3.8) is 0 Å². The molecule has 3 aromatic rings. The highest BCUT2D eigenvalue weighted by Crippen LogP contribution is 2.18. The van der Waals surface area contributed by atoms with Crippen LogP contribution >= 0.6 is 0 Å². The van der Waals surface area contributed by atoms with E-state index in [1.165, 1.54) is 0 Å². The van der Waals surface area contributed by atoms with Crippen LogP contribution in [-0.2, 0) is 0 Å². The quantitative estimate of drug-likeness (QED) is 0.701. The van der Waals surface area contributed by atoms with Gasteiger partial charge in [0.1, 0.15) is 6.33 Å². The van der Waals surface area contributed by atoms with E-state index in [0.29, 0.717) is 17.3 Å². The van der Waals surface area contributed by atoms with Crippen LogP contribution < -0.4 is 5.73 Å². The Balaban J connectivity index is 2.03. The molecule has 6 nitrogen and oxygen atoms in total. The number of benzene rings is 1. The van der Waals surface area contributed by atoms with Gasteiger partial charge in [0, 0.05) is 23.6 Å². The predicted octanol–water partition coefficient (Wildman–Crippen LogP) is 1.61. The fourth-order valence-electron chi connectivity index (χ4n) is 1.80. The van der Waals surface area contributed by atoms with E-state index in [4.69, 9.17) is 5.73 Å². The molecule has 2 heterocycles. The lowest BCUT2D eigenvalue weighted by Gasteiger charge is -2.01. The van der Waals surface area contributed by atoms with Gasteiger partial charge in [-0.2, -0.15) is 0 Å². The Labute approximate surface area is 110 Å². The summed E-state index contributed by atoms with van der Waals surface area (Å²) in [6.07, 6.45) is 4.90. The first-order chi connectivity index (χ1) is 9.24. The Hall–Kier alpha value is -2.76. The largest absolute Gasteiger partial charge is 0.399 e. The maximum absolute atomic E-state index is 5.75. The van der Waals surface area contributed by atoms with Crippen LogP contribution in [0.2, 0.25) is 0 Å². The van der Waals surface area contributed by atoms with Crippen molar-refractivity contribution in [2.75, 3.05) is 5.73 Å². The maximum atomic E-state index is 5.75. The van der Waals surface area contributed by atoms with Crippen LogP contribution in [0.4, 0.5) is 5.69 Å². The second-order valence-electron chi connectivity index (χ2n) is 4.10. The number of aromatic nitrogens is 5. The zero-order valence-corrected chi connectivity index (χ0v) is 10.4. The summed E-state index contributed by atoms with van der Waals surface area (Å²) in [6, 6.07) is 7.45. The van der Waals surface area contributed by atoms with Crippen molar-refractivity contribution in [2.45, 2.75) is 6.92 Å². The molecule has 1 aromatic carbocycles. The van der Waals surface area contributed by atoms with Gasteiger partial charge < -0.3 is 5.73 Å². The first-order valence-corrected chi connectivity index (χ1v) is 5.79. The third-order valence-electron chi connectivity index (χ3n) is 2.71. The molecule has 2 aromatic heterocycles. The van der Waals surface area contributed by atoms with Gasteiger partial charge in [-0.05, 0) is 19.1 Å². The summed E-state index contributed by atoms with van der Waals surface area (Å²) in [7, 11) is 0. The third kappa shape index (κ3) is 2.15. The Kier molecular flexibility index (Phi) is 2.68. The van der Waals surface area contributed by atoms with E-state index in [9.17, 15) is 0 Å². The molecule has 0 aliphatic heterocycles. The van der Waals surface area contributed by atoms with Crippen LogP contribution in [0.5, 0.6) is 0 Å². The number of aryl methyl sites for hydroxylation is 1. The lowest BCUT2D eigenvalue weighted by atomic mass is 10.2. The minimum atomic E-state index is 0.609. The molecule has 2 N–H and O–H groups in total. The second-order valence-corrected chi connectivity index (χ2v) is 4.10. The van der Waals surface area contributed by atoms with Crippen molar-refractivity contribution in [1.29, 1.82) is 0 Å². The number of rotatable bonds is 2. The van der Waals surface area contributed by atoms with Crippen LogP contribution in [-0.4, -0.2) is 24.7 Å². The molecule has 0 bridgehead atoms. The van der Waals surface area contributed by atoms with Crippen LogP contribution in [0.1, 0.15) is 5.69 Å². The highest BCUT2D eigenvalue weighted by atomic mass is 15.4. The van der Waals surface area contributed by atoms with E-state index < -0.39 is 0 Å². The van der Waals surface area contributed by atoms with Gasteiger partial charge in [-0.25, -0.2) is 14.6 Å². The van der Waals surface area contributed by atoms with E-state index >= 15 is 0 Å². The third-order valence-corrected chi connectivity index (χ3v) is 2.71. The standard InChI is InChI=1S/C13H12N6/c1-9-13(16-6-5-15-9)19-8-17-12(18-19)10-3-2-4-11(14)7-10/h2-8H,14H2,1H3. The van der Waals surface area contributed by atoms with E-state index in [-0.39, 0.29) is 0 Å². The Bertz CT molecular complexity index is 718.